The minimum atomic E-state index is -1.15. The third-order valence-corrected chi connectivity index (χ3v) is 6.24. The first kappa shape index (κ1) is 21.4. The lowest BCUT2D eigenvalue weighted by Gasteiger charge is -2.23. The molecule has 29 heavy (non-hydrogen) atoms. The van der Waals surface area contributed by atoms with Crippen molar-refractivity contribution >= 4 is 17.9 Å². The fourth-order valence-electron chi connectivity index (χ4n) is 3.33. The van der Waals surface area contributed by atoms with Gasteiger partial charge in [0, 0.05) is 35.7 Å². The number of carboxylic acid groups (broad SMARTS) is 1. The second-order valence-electron chi connectivity index (χ2n) is 7.02. The van der Waals surface area contributed by atoms with E-state index in [-0.39, 0.29) is 24.7 Å². The van der Waals surface area contributed by atoms with E-state index in [2.05, 4.69) is 5.32 Å². The van der Waals surface area contributed by atoms with Crippen molar-refractivity contribution in [2.24, 2.45) is 0 Å². The average Bonchev–Trinajstić information content (AvgIpc) is 3.16. The number of nitrogens with zero attached hydrogens (tertiary/aromatic N) is 1. The summed E-state index contributed by atoms with van der Waals surface area (Å²) in [6.45, 7) is 0.832. The lowest BCUT2D eigenvalue weighted by molar-refractivity contribution is 0.137. The molecule has 0 aromatic heterocycles. The fourth-order valence-corrected chi connectivity index (χ4v) is 4.53. The predicted molar refractivity (Wildman–Crippen MR) is 109 cm³/mol. The molecular formula is C21H24F2N2O3S. The number of hydrogen-bond donors (Lipinski definition) is 2. The maximum atomic E-state index is 13.9. The van der Waals surface area contributed by atoms with Crippen molar-refractivity contribution < 1.29 is 23.4 Å². The van der Waals surface area contributed by atoms with Gasteiger partial charge < -0.3 is 20.1 Å². The third-order valence-electron chi connectivity index (χ3n) is 4.91. The minimum absolute atomic E-state index is 0.0175. The summed E-state index contributed by atoms with van der Waals surface area (Å²) >= 11 is 1.82. The molecule has 8 heteroatoms. The summed E-state index contributed by atoms with van der Waals surface area (Å²) < 4.78 is 32.4. The van der Waals surface area contributed by atoms with Crippen molar-refractivity contribution in [3.05, 3.63) is 65.2 Å². The van der Waals surface area contributed by atoms with Crippen LogP contribution in [-0.2, 0) is 12.3 Å². The molecule has 1 aliphatic rings. The van der Waals surface area contributed by atoms with E-state index in [0.29, 0.717) is 5.25 Å². The Morgan fingerprint density at radius 3 is 2.72 bits per heavy atom. The first-order valence-electron chi connectivity index (χ1n) is 9.34. The number of hydrogen-bond acceptors (Lipinski definition) is 4. The van der Waals surface area contributed by atoms with E-state index in [0.717, 1.165) is 47.6 Å². The average molecular weight is 422 g/mol. The third kappa shape index (κ3) is 6.08. The standard InChI is InChI=1S/C21H24F2N2O3S/c1-28-18-5-2-14(3-6-18)13-29-19-9-17(24-10-19)12-25(21(26)27)11-15-8-16(22)4-7-20(15)23/h2-8,17,19,24H,9-13H2,1H3,(H,26,27)/t17-,19+/m0/s1. The molecule has 0 bridgehead atoms. The first-order valence-corrected chi connectivity index (χ1v) is 10.4. The maximum Gasteiger partial charge on any atom is 0.407 e. The van der Waals surface area contributed by atoms with Crippen molar-refractivity contribution in [2.75, 3.05) is 20.2 Å². The Morgan fingerprint density at radius 2 is 2.03 bits per heavy atom. The highest BCUT2D eigenvalue weighted by atomic mass is 32.2. The van der Waals surface area contributed by atoms with E-state index >= 15 is 0 Å². The number of ether oxygens (including phenoxy) is 1. The number of rotatable bonds is 8. The molecule has 2 aromatic rings. The summed E-state index contributed by atoms with van der Waals surface area (Å²) in [5.74, 6) is 0.496. The molecule has 2 aromatic carbocycles. The minimum Gasteiger partial charge on any atom is -0.497 e. The van der Waals surface area contributed by atoms with E-state index in [4.69, 9.17) is 4.74 Å². The molecule has 0 aliphatic carbocycles. The van der Waals surface area contributed by atoms with Gasteiger partial charge >= 0.3 is 6.09 Å². The van der Waals surface area contributed by atoms with Gasteiger partial charge in [-0.05, 0) is 42.3 Å². The molecule has 0 spiro atoms. The van der Waals surface area contributed by atoms with E-state index in [1.54, 1.807) is 7.11 Å². The zero-order valence-corrected chi connectivity index (χ0v) is 16.9. The Balaban J connectivity index is 1.51. The quantitative estimate of drug-likeness (QED) is 0.670. The number of thioether (sulfide) groups is 1. The van der Waals surface area contributed by atoms with Gasteiger partial charge in [-0.25, -0.2) is 13.6 Å². The Hall–Kier alpha value is -2.32. The van der Waals surface area contributed by atoms with Gasteiger partial charge in [0.2, 0.25) is 0 Å². The van der Waals surface area contributed by atoms with Crippen molar-refractivity contribution in [1.82, 2.24) is 10.2 Å². The molecule has 3 rings (SSSR count). The van der Waals surface area contributed by atoms with E-state index < -0.39 is 17.7 Å². The van der Waals surface area contributed by atoms with Crippen LogP contribution in [0.25, 0.3) is 0 Å². The van der Waals surface area contributed by atoms with Crippen LogP contribution in [-0.4, -0.2) is 47.6 Å². The number of carbonyl (C=O) groups is 1. The van der Waals surface area contributed by atoms with E-state index in [1.807, 2.05) is 36.0 Å². The molecule has 0 radical (unpaired) electrons. The van der Waals surface area contributed by atoms with Gasteiger partial charge in [0.1, 0.15) is 17.4 Å². The summed E-state index contributed by atoms with van der Waals surface area (Å²) in [5, 5.41) is 13.2. The van der Waals surface area contributed by atoms with Crippen molar-refractivity contribution in [1.29, 1.82) is 0 Å². The molecule has 5 nitrogen and oxygen atoms in total. The van der Waals surface area contributed by atoms with Crippen LogP contribution in [0, 0.1) is 11.6 Å². The maximum absolute atomic E-state index is 13.9. The highest BCUT2D eigenvalue weighted by Gasteiger charge is 2.28. The summed E-state index contributed by atoms with van der Waals surface area (Å²) in [5.41, 5.74) is 1.24. The van der Waals surface area contributed by atoms with Crippen LogP contribution in [0.3, 0.4) is 0 Å². The molecule has 0 unspecified atom stereocenters. The van der Waals surface area contributed by atoms with Crippen LogP contribution < -0.4 is 10.1 Å². The van der Waals surface area contributed by atoms with Gasteiger partial charge in [-0.1, -0.05) is 12.1 Å². The molecule has 0 saturated carbocycles. The molecule has 1 saturated heterocycles. The van der Waals surface area contributed by atoms with Crippen molar-refractivity contribution in [2.45, 2.75) is 30.0 Å². The van der Waals surface area contributed by atoms with Gasteiger partial charge in [-0.3, -0.25) is 0 Å². The summed E-state index contributed by atoms with van der Waals surface area (Å²) in [4.78, 5) is 12.7. The molecule has 156 valence electrons. The van der Waals surface area contributed by atoms with E-state index in [1.165, 1.54) is 5.56 Å². The highest BCUT2D eigenvalue weighted by Crippen LogP contribution is 2.26. The van der Waals surface area contributed by atoms with Gasteiger partial charge in [0.15, 0.2) is 0 Å². The normalized spacial score (nSPS) is 18.6. The van der Waals surface area contributed by atoms with Crippen LogP contribution in [0.1, 0.15) is 17.5 Å². The molecular weight excluding hydrogens is 398 g/mol. The Kier molecular flexibility index (Phi) is 7.33. The summed E-state index contributed by atoms with van der Waals surface area (Å²) in [6.07, 6.45) is -0.333. The van der Waals surface area contributed by atoms with Gasteiger partial charge in [0.05, 0.1) is 13.7 Å². The molecule has 1 amide bonds. The topological polar surface area (TPSA) is 61.8 Å². The monoisotopic (exact) mass is 422 g/mol. The lowest BCUT2D eigenvalue weighted by Crippen LogP contribution is -2.40. The molecule has 1 fully saturated rings. The molecule has 2 N–H and O–H groups in total. The summed E-state index contributed by atoms with van der Waals surface area (Å²) in [6, 6.07) is 11.0. The van der Waals surface area contributed by atoms with Crippen molar-refractivity contribution in [3.63, 3.8) is 0 Å². The second kappa shape index (κ2) is 9.93. The largest absolute Gasteiger partial charge is 0.497 e. The highest BCUT2D eigenvalue weighted by molar-refractivity contribution is 7.99. The summed E-state index contributed by atoms with van der Waals surface area (Å²) in [7, 11) is 1.64. The fraction of sp³-hybridized carbons (Fsp3) is 0.381. The molecule has 2 atom stereocenters. The number of amides is 1. The van der Waals surface area contributed by atoms with Gasteiger partial charge in [-0.15, -0.1) is 0 Å². The SMILES string of the molecule is COc1ccc(CS[C@H]2CN[C@H](CN(Cc3cc(F)ccc3F)C(=O)O)C2)cc1. The zero-order valence-electron chi connectivity index (χ0n) is 16.1. The number of benzene rings is 2. The van der Waals surface area contributed by atoms with Crippen LogP contribution >= 0.6 is 11.8 Å². The first-order chi connectivity index (χ1) is 13.9. The smallest absolute Gasteiger partial charge is 0.407 e. The molecule has 1 heterocycles. The zero-order chi connectivity index (χ0) is 20.8. The van der Waals surface area contributed by atoms with Gasteiger partial charge in [-0.2, -0.15) is 11.8 Å². The Morgan fingerprint density at radius 1 is 1.28 bits per heavy atom. The molecule has 1 aliphatic heterocycles. The van der Waals surface area contributed by atoms with Crippen LogP contribution in [0.15, 0.2) is 42.5 Å². The Bertz CT molecular complexity index is 835. The van der Waals surface area contributed by atoms with E-state index in [9.17, 15) is 18.7 Å². The lowest BCUT2D eigenvalue weighted by atomic mass is 10.1. The Labute approximate surface area is 173 Å². The van der Waals surface area contributed by atoms with Crippen molar-refractivity contribution in [3.8, 4) is 5.75 Å². The van der Waals surface area contributed by atoms with Crippen LogP contribution in [0.5, 0.6) is 5.75 Å². The number of halogens is 2. The number of nitrogens with one attached hydrogen (secondary N) is 1. The predicted octanol–water partition coefficient (Wildman–Crippen LogP) is 4.12. The number of methoxy groups -OCH3 is 1. The second-order valence-corrected chi connectivity index (χ2v) is 8.31. The van der Waals surface area contributed by atoms with Crippen LogP contribution in [0.4, 0.5) is 13.6 Å². The van der Waals surface area contributed by atoms with Crippen LogP contribution in [0.2, 0.25) is 0 Å². The van der Waals surface area contributed by atoms with Gasteiger partial charge in [0.25, 0.3) is 0 Å².